The summed E-state index contributed by atoms with van der Waals surface area (Å²) in [5, 5.41) is 11.3. The third-order valence-electron chi connectivity index (χ3n) is 5.23. The molecule has 0 spiro atoms. The molecule has 150 valence electrons. The SMILES string of the molecule is Cc1c(C(=O)NCC2C[C@@H](C)O[C@@H](C)C2)nnn1-c1ccc2c(c1)OCCO2. The van der Waals surface area contributed by atoms with Gasteiger partial charge in [-0.25, -0.2) is 4.68 Å². The van der Waals surface area contributed by atoms with Crippen molar-refractivity contribution in [2.45, 2.75) is 45.8 Å². The van der Waals surface area contributed by atoms with Crippen LogP contribution < -0.4 is 14.8 Å². The smallest absolute Gasteiger partial charge is 0.273 e. The summed E-state index contributed by atoms with van der Waals surface area (Å²) in [6.45, 7) is 7.67. The first-order valence-electron chi connectivity index (χ1n) is 9.77. The molecule has 0 radical (unpaired) electrons. The van der Waals surface area contributed by atoms with Crippen LogP contribution in [0.4, 0.5) is 0 Å². The van der Waals surface area contributed by atoms with Crippen LogP contribution in [-0.2, 0) is 4.74 Å². The predicted octanol–water partition coefficient (Wildman–Crippen LogP) is 2.28. The van der Waals surface area contributed by atoms with Crippen LogP contribution in [0.3, 0.4) is 0 Å². The first-order chi connectivity index (χ1) is 13.5. The Kier molecular flexibility index (Phi) is 5.21. The lowest BCUT2D eigenvalue weighted by atomic mass is 9.92. The summed E-state index contributed by atoms with van der Waals surface area (Å²) in [6, 6.07) is 5.57. The fourth-order valence-electron chi connectivity index (χ4n) is 3.98. The predicted molar refractivity (Wildman–Crippen MR) is 102 cm³/mol. The van der Waals surface area contributed by atoms with Crippen LogP contribution in [0, 0.1) is 12.8 Å². The number of carbonyl (C=O) groups excluding carboxylic acids is 1. The zero-order valence-electron chi connectivity index (χ0n) is 16.5. The number of carbonyl (C=O) groups is 1. The molecular weight excluding hydrogens is 360 g/mol. The zero-order chi connectivity index (χ0) is 19.7. The number of benzene rings is 1. The van der Waals surface area contributed by atoms with Crippen LogP contribution in [0.5, 0.6) is 11.5 Å². The Hall–Kier alpha value is -2.61. The molecule has 28 heavy (non-hydrogen) atoms. The van der Waals surface area contributed by atoms with E-state index in [0.717, 1.165) is 18.5 Å². The van der Waals surface area contributed by atoms with Crippen molar-refractivity contribution in [3.63, 3.8) is 0 Å². The van der Waals surface area contributed by atoms with Gasteiger partial charge in [-0.3, -0.25) is 4.79 Å². The molecule has 1 aromatic carbocycles. The van der Waals surface area contributed by atoms with Gasteiger partial charge in [-0.05, 0) is 51.7 Å². The summed E-state index contributed by atoms with van der Waals surface area (Å²) in [6.07, 6.45) is 2.35. The minimum atomic E-state index is -0.201. The van der Waals surface area contributed by atoms with Crippen molar-refractivity contribution in [3.05, 3.63) is 29.6 Å². The highest BCUT2D eigenvalue weighted by Gasteiger charge is 2.26. The van der Waals surface area contributed by atoms with Crippen molar-refractivity contribution < 1.29 is 19.0 Å². The number of rotatable bonds is 4. The second-order valence-corrected chi connectivity index (χ2v) is 7.57. The van der Waals surface area contributed by atoms with Crippen molar-refractivity contribution in [1.82, 2.24) is 20.3 Å². The molecule has 8 nitrogen and oxygen atoms in total. The summed E-state index contributed by atoms with van der Waals surface area (Å²) in [5.41, 5.74) is 1.80. The van der Waals surface area contributed by atoms with Crippen molar-refractivity contribution >= 4 is 5.91 Å². The number of ether oxygens (including phenoxy) is 3. The molecule has 2 aromatic rings. The fourth-order valence-corrected chi connectivity index (χ4v) is 3.98. The summed E-state index contributed by atoms with van der Waals surface area (Å²) >= 11 is 0. The summed E-state index contributed by atoms with van der Waals surface area (Å²) in [4.78, 5) is 12.6. The Labute approximate surface area is 164 Å². The number of hydrogen-bond acceptors (Lipinski definition) is 6. The monoisotopic (exact) mass is 386 g/mol. The Morgan fingerprint density at radius 3 is 2.64 bits per heavy atom. The van der Waals surface area contributed by atoms with Crippen LogP contribution in [0.1, 0.15) is 42.9 Å². The third kappa shape index (κ3) is 3.82. The molecule has 1 N–H and O–H groups in total. The lowest BCUT2D eigenvalue weighted by molar-refractivity contribution is -0.0513. The highest BCUT2D eigenvalue weighted by molar-refractivity contribution is 5.93. The minimum Gasteiger partial charge on any atom is -0.486 e. The molecule has 4 rings (SSSR count). The molecule has 1 saturated heterocycles. The van der Waals surface area contributed by atoms with Gasteiger partial charge >= 0.3 is 0 Å². The molecule has 1 fully saturated rings. The third-order valence-corrected chi connectivity index (χ3v) is 5.23. The van der Waals surface area contributed by atoms with E-state index in [-0.39, 0.29) is 18.1 Å². The molecule has 3 heterocycles. The Balaban J connectivity index is 1.45. The van der Waals surface area contributed by atoms with Gasteiger partial charge in [0.1, 0.15) is 13.2 Å². The van der Waals surface area contributed by atoms with E-state index in [1.54, 1.807) is 4.68 Å². The van der Waals surface area contributed by atoms with E-state index < -0.39 is 0 Å². The average molecular weight is 386 g/mol. The standard InChI is InChI=1S/C20H26N4O4/c1-12-8-15(9-13(2)28-12)11-21-20(25)19-14(3)24(23-22-19)16-4-5-17-18(10-16)27-7-6-26-17/h4-5,10,12-13,15H,6-9,11H2,1-3H3,(H,21,25)/t12-,13+,15?. The molecule has 0 bridgehead atoms. The van der Waals surface area contributed by atoms with Gasteiger partial charge in [-0.2, -0.15) is 0 Å². The van der Waals surface area contributed by atoms with E-state index in [1.807, 2.05) is 25.1 Å². The van der Waals surface area contributed by atoms with Gasteiger partial charge in [-0.1, -0.05) is 5.21 Å². The number of hydrogen-bond donors (Lipinski definition) is 1. The Morgan fingerprint density at radius 2 is 1.89 bits per heavy atom. The fraction of sp³-hybridized carbons (Fsp3) is 0.550. The lowest BCUT2D eigenvalue weighted by Crippen LogP contribution is -2.37. The number of fused-ring (bicyclic) bond motifs is 1. The van der Waals surface area contributed by atoms with Crippen molar-refractivity contribution in [2.24, 2.45) is 5.92 Å². The number of nitrogens with one attached hydrogen (secondary N) is 1. The van der Waals surface area contributed by atoms with Crippen LogP contribution in [-0.4, -0.2) is 52.9 Å². The zero-order valence-corrected chi connectivity index (χ0v) is 16.5. The molecule has 1 unspecified atom stereocenters. The van der Waals surface area contributed by atoms with E-state index >= 15 is 0 Å². The van der Waals surface area contributed by atoms with Gasteiger partial charge in [0, 0.05) is 12.6 Å². The number of amides is 1. The topological polar surface area (TPSA) is 87.5 Å². The second-order valence-electron chi connectivity index (χ2n) is 7.57. The van der Waals surface area contributed by atoms with E-state index in [4.69, 9.17) is 14.2 Å². The molecular formula is C20H26N4O4. The molecule has 1 amide bonds. The minimum absolute atomic E-state index is 0.201. The van der Waals surface area contributed by atoms with Gasteiger partial charge in [0.15, 0.2) is 17.2 Å². The summed E-state index contributed by atoms with van der Waals surface area (Å²) in [7, 11) is 0. The maximum absolute atomic E-state index is 12.6. The van der Waals surface area contributed by atoms with Crippen molar-refractivity contribution in [3.8, 4) is 17.2 Å². The van der Waals surface area contributed by atoms with E-state index in [9.17, 15) is 4.79 Å². The highest BCUT2D eigenvalue weighted by Crippen LogP contribution is 2.32. The average Bonchev–Trinajstić information content (AvgIpc) is 3.06. The second kappa shape index (κ2) is 7.79. The summed E-state index contributed by atoms with van der Waals surface area (Å²) in [5.74, 6) is 1.60. The Morgan fingerprint density at radius 1 is 1.18 bits per heavy atom. The molecule has 8 heteroatoms. The molecule has 3 atom stereocenters. The van der Waals surface area contributed by atoms with Gasteiger partial charge < -0.3 is 19.5 Å². The van der Waals surface area contributed by atoms with E-state index in [2.05, 4.69) is 29.5 Å². The summed E-state index contributed by atoms with van der Waals surface area (Å²) < 4.78 is 18.6. The maximum Gasteiger partial charge on any atom is 0.273 e. The van der Waals surface area contributed by atoms with E-state index in [1.165, 1.54) is 0 Å². The molecule has 2 aliphatic heterocycles. The largest absolute Gasteiger partial charge is 0.486 e. The Bertz CT molecular complexity index is 856. The van der Waals surface area contributed by atoms with Crippen molar-refractivity contribution in [1.29, 1.82) is 0 Å². The number of aromatic nitrogens is 3. The van der Waals surface area contributed by atoms with Gasteiger partial charge in [0.2, 0.25) is 0 Å². The molecule has 1 aromatic heterocycles. The van der Waals surface area contributed by atoms with E-state index in [0.29, 0.717) is 48.6 Å². The van der Waals surface area contributed by atoms with Crippen LogP contribution in [0.15, 0.2) is 18.2 Å². The first kappa shape index (κ1) is 18.7. The normalized spacial score (nSPS) is 24.0. The molecule has 2 aliphatic rings. The molecule has 0 saturated carbocycles. The lowest BCUT2D eigenvalue weighted by Gasteiger charge is -2.32. The van der Waals surface area contributed by atoms with Gasteiger partial charge in [0.05, 0.1) is 23.6 Å². The van der Waals surface area contributed by atoms with Crippen molar-refractivity contribution in [2.75, 3.05) is 19.8 Å². The van der Waals surface area contributed by atoms with Crippen LogP contribution in [0.2, 0.25) is 0 Å². The van der Waals surface area contributed by atoms with Gasteiger partial charge in [0.25, 0.3) is 5.91 Å². The van der Waals surface area contributed by atoms with Crippen LogP contribution >= 0.6 is 0 Å². The highest BCUT2D eigenvalue weighted by atomic mass is 16.6. The molecule has 0 aliphatic carbocycles. The maximum atomic E-state index is 12.6. The quantitative estimate of drug-likeness (QED) is 0.867. The van der Waals surface area contributed by atoms with Gasteiger partial charge in [-0.15, -0.1) is 5.10 Å². The van der Waals surface area contributed by atoms with Crippen LogP contribution in [0.25, 0.3) is 5.69 Å². The number of nitrogens with zero attached hydrogens (tertiary/aromatic N) is 3. The first-order valence-corrected chi connectivity index (χ1v) is 9.77.